The maximum Gasteiger partial charge on any atom is 0.124 e. The summed E-state index contributed by atoms with van der Waals surface area (Å²) in [5.74, 6) is 0.706. The van der Waals surface area contributed by atoms with E-state index in [4.69, 9.17) is 4.74 Å². The second-order valence-electron chi connectivity index (χ2n) is 4.80. The van der Waals surface area contributed by atoms with Crippen LogP contribution in [-0.2, 0) is 6.54 Å². The van der Waals surface area contributed by atoms with Crippen LogP contribution >= 0.6 is 0 Å². The van der Waals surface area contributed by atoms with Crippen LogP contribution in [0.5, 0.6) is 5.75 Å². The van der Waals surface area contributed by atoms with Gasteiger partial charge in [-0.15, -0.1) is 0 Å². The molecule has 108 valence electrons. The molecule has 0 amide bonds. The van der Waals surface area contributed by atoms with E-state index in [2.05, 4.69) is 15.5 Å². The zero-order valence-electron chi connectivity index (χ0n) is 12.1. The number of aliphatic hydroxyl groups is 1. The number of ether oxygens (including phenoxy) is 1. The maximum absolute atomic E-state index is 10.2. The highest BCUT2D eigenvalue weighted by atomic mass is 16.5. The van der Waals surface area contributed by atoms with Crippen LogP contribution in [0.3, 0.4) is 0 Å². The second kappa shape index (κ2) is 6.54. The minimum Gasteiger partial charge on any atom is -0.496 e. The number of H-pyrrole nitrogens is 1. The lowest BCUT2D eigenvalue weighted by atomic mass is 10.1. The van der Waals surface area contributed by atoms with Gasteiger partial charge in [-0.2, -0.15) is 5.10 Å². The van der Waals surface area contributed by atoms with E-state index in [0.29, 0.717) is 18.8 Å². The summed E-state index contributed by atoms with van der Waals surface area (Å²) in [5.41, 5.74) is 3.99. The van der Waals surface area contributed by atoms with Crippen molar-refractivity contribution in [3.8, 4) is 5.75 Å². The molecule has 0 unspecified atom stereocenters. The molecule has 1 heterocycles. The lowest BCUT2D eigenvalue weighted by Gasteiger charge is -2.15. The third-order valence-electron chi connectivity index (χ3n) is 3.42. The molecule has 0 aliphatic heterocycles. The third-order valence-corrected chi connectivity index (χ3v) is 3.42. The molecule has 0 bridgehead atoms. The zero-order chi connectivity index (χ0) is 14.5. The Morgan fingerprint density at radius 1 is 1.35 bits per heavy atom. The fourth-order valence-electron chi connectivity index (χ4n) is 2.22. The first kappa shape index (κ1) is 14.6. The zero-order valence-corrected chi connectivity index (χ0v) is 12.1. The number of rotatable bonds is 6. The maximum atomic E-state index is 10.2. The van der Waals surface area contributed by atoms with Gasteiger partial charge in [-0.1, -0.05) is 18.2 Å². The summed E-state index contributed by atoms with van der Waals surface area (Å²) in [4.78, 5) is 0. The van der Waals surface area contributed by atoms with Crippen molar-refractivity contribution in [2.24, 2.45) is 0 Å². The van der Waals surface area contributed by atoms with Crippen molar-refractivity contribution in [3.05, 3.63) is 46.8 Å². The molecule has 2 aromatic rings. The highest BCUT2D eigenvalue weighted by Gasteiger charge is 2.13. The average molecular weight is 275 g/mol. The van der Waals surface area contributed by atoms with E-state index in [1.54, 1.807) is 7.11 Å². The highest BCUT2D eigenvalue weighted by Crippen LogP contribution is 2.24. The van der Waals surface area contributed by atoms with E-state index in [0.717, 1.165) is 22.5 Å². The molecule has 5 heteroatoms. The first-order valence-corrected chi connectivity index (χ1v) is 6.65. The number of nitrogens with one attached hydrogen (secondary N) is 2. The Morgan fingerprint density at radius 2 is 2.10 bits per heavy atom. The molecule has 20 heavy (non-hydrogen) atoms. The standard InChI is InChI=1S/C15H21N3O2/c1-10-13(11(2)18-17-10)8-16-9-14(19)12-6-4-5-7-15(12)20-3/h4-7,14,16,19H,8-9H2,1-3H3,(H,17,18)/t14-/m0/s1. The number of benzene rings is 1. The number of aromatic amines is 1. The molecule has 1 aromatic heterocycles. The third kappa shape index (κ3) is 3.18. The number of hydrogen-bond donors (Lipinski definition) is 3. The van der Waals surface area contributed by atoms with Crippen molar-refractivity contribution < 1.29 is 9.84 Å². The van der Waals surface area contributed by atoms with Crippen molar-refractivity contribution in [1.82, 2.24) is 15.5 Å². The summed E-state index contributed by atoms with van der Waals surface area (Å²) < 4.78 is 5.25. The molecule has 5 nitrogen and oxygen atoms in total. The molecule has 0 aliphatic carbocycles. The Balaban J connectivity index is 1.94. The minimum atomic E-state index is -0.598. The Bertz CT molecular complexity index is 546. The number of nitrogens with zero attached hydrogens (tertiary/aromatic N) is 1. The highest BCUT2D eigenvalue weighted by molar-refractivity contribution is 5.35. The molecule has 1 atom stereocenters. The van der Waals surface area contributed by atoms with Crippen molar-refractivity contribution in [2.45, 2.75) is 26.5 Å². The van der Waals surface area contributed by atoms with E-state index in [1.807, 2.05) is 38.1 Å². The van der Waals surface area contributed by atoms with Crippen LogP contribution in [0, 0.1) is 13.8 Å². The van der Waals surface area contributed by atoms with Gasteiger partial charge in [0.15, 0.2) is 0 Å². The van der Waals surface area contributed by atoms with Crippen LogP contribution in [0.4, 0.5) is 0 Å². The lowest BCUT2D eigenvalue weighted by molar-refractivity contribution is 0.170. The van der Waals surface area contributed by atoms with E-state index < -0.39 is 6.10 Å². The second-order valence-corrected chi connectivity index (χ2v) is 4.80. The summed E-state index contributed by atoms with van der Waals surface area (Å²) in [6, 6.07) is 7.51. The summed E-state index contributed by atoms with van der Waals surface area (Å²) in [6.45, 7) is 5.11. The number of aryl methyl sites for hydroxylation is 2. The molecule has 3 N–H and O–H groups in total. The van der Waals surface area contributed by atoms with Gasteiger partial charge < -0.3 is 15.2 Å². The quantitative estimate of drug-likeness (QED) is 0.752. The van der Waals surface area contributed by atoms with Gasteiger partial charge >= 0.3 is 0 Å². The molecule has 0 radical (unpaired) electrons. The van der Waals surface area contributed by atoms with Crippen molar-refractivity contribution in [3.63, 3.8) is 0 Å². The van der Waals surface area contributed by atoms with E-state index in [9.17, 15) is 5.11 Å². The van der Waals surface area contributed by atoms with Gasteiger partial charge in [0.05, 0.1) is 18.9 Å². The summed E-state index contributed by atoms with van der Waals surface area (Å²) in [6.07, 6.45) is -0.598. The molecule has 0 fully saturated rings. The first-order valence-electron chi connectivity index (χ1n) is 6.65. The van der Waals surface area contributed by atoms with Crippen LogP contribution in [0.25, 0.3) is 0 Å². The minimum absolute atomic E-state index is 0.463. The van der Waals surface area contributed by atoms with Crippen LogP contribution < -0.4 is 10.1 Å². The predicted octanol–water partition coefficient (Wildman–Crippen LogP) is 1.86. The van der Waals surface area contributed by atoms with E-state index in [1.165, 1.54) is 0 Å². The van der Waals surface area contributed by atoms with Gasteiger partial charge in [0.25, 0.3) is 0 Å². The molecule has 2 rings (SSSR count). The van der Waals surface area contributed by atoms with Gasteiger partial charge in [0, 0.05) is 29.9 Å². The summed E-state index contributed by atoms with van der Waals surface area (Å²) in [5, 5.41) is 20.6. The van der Waals surface area contributed by atoms with Gasteiger partial charge in [0.2, 0.25) is 0 Å². The number of aromatic nitrogens is 2. The molecular weight excluding hydrogens is 254 g/mol. The predicted molar refractivity (Wildman–Crippen MR) is 77.7 cm³/mol. The molecule has 0 spiro atoms. The Morgan fingerprint density at radius 3 is 2.75 bits per heavy atom. The Hall–Kier alpha value is -1.85. The van der Waals surface area contributed by atoms with Crippen LogP contribution in [0.2, 0.25) is 0 Å². The number of aliphatic hydroxyl groups excluding tert-OH is 1. The van der Waals surface area contributed by atoms with Crippen LogP contribution in [-0.4, -0.2) is 29.0 Å². The molecule has 1 aromatic carbocycles. The average Bonchev–Trinajstić information content (AvgIpc) is 2.78. The number of para-hydroxylation sites is 1. The number of methoxy groups -OCH3 is 1. The normalized spacial score (nSPS) is 12.4. The largest absolute Gasteiger partial charge is 0.496 e. The molecule has 0 saturated heterocycles. The fourth-order valence-corrected chi connectivity index (χ4v) is 2.22. The number of hydrogen-bond acceptors (Lipinski definition) is 4. The van der Waals surface area contributed by atoms with Crippen LogP contribution in [0.15, 0.2) is 24.3 Å². The van der Waals surface area contributed by atoms with Crippen molar-refractivity contribution >= 4 is 0 Å². The smallest absolute Gasteiger partial charge is 0.124 e. The summed E-state index contributed by atoms with van der Waals surface area (Å²) >= 11 is 0. The van der Waals surface area contributed by atoms with Crippen molar-refractivity contribution in [1.29, 1.82) is 0 Å². The van der Waals surface area contributed by atoms with Crippen molar-refractivity contribution in [2.75, 3.05) is 13.7 Å². The van der Waals surface area contributed by atoms with Gasteiger partial charge in [0.1, 0.15) is 5.75 Å². The van der Waals surface area contributed by atoms with Crippen LogP contribution in [0.1, 0.15) is 28.6 Å². The lowest BCUT2D eigenvalue weighted by Crippen LogP contribution is -2.22. The Labute approximate surface area is 119 Å². The van der Waals surface area contributed by atoms with E-state index >= 15 is 0 Å². The fraction of sp³-hybridized carbons (Fsp3) is 0.400. The molecule has 0 saturated carbocycles. The SMILES string of the molecule is COc1ccccc1[C@@H](O)CNCc1c(C)n[nH]c1C. The van der Waals surface area contributed by atoms with Gasteiger partial charge in [-0.05, 0) is 19.9 Å². The van der Waals surface area contributed by atoms with E-state index in [-0.39, 0.29) is 0 Å². The molecular formula is C15H21N3O2. The van der Waals surface area contributed by atoms with Gasteiger partial charge in [-0.25, -0.2) is 0 Å². The summed E-state index contributed by atoms with van der Waals surface area (Å²) in [7, 11) is 1.61. The Kier molecular flexibility index (Phi) is 4.76. The van der Waals surface area contributed by atoms with Gasteiger partial charge in [-0.3, -0.25) is 5.10 Å². The first-order chi connectivity index (χ1) is 9.63. The molecule has 0 aliphatic rings. The topological polar surface area (TPSA) is 70.2 Å². The monoisotopic (exact) mass is 275 g/mol.